The zero-order valence-electron chi connectivity index (χ0n) is 11.0. The molecule has 21 heavy (non-hydrogen) atoms. The molecule has 1 aliphatic rings. The van der Waals surface area contributed by atoms with Gasteiger partial charge in [0, 0.05) is 21.8 Å². The SMILES string of the molecule is O=C(C[C@]1(O)C(=O)Nc2cccc(Cl)c21)c1ccccc1. The van der Waals surface area contributed by atoms with E-state index in [9.17, 15) is 14.7 Å². The number of halogens is 1. The van der Waals surface area contributed by atoms with Crippen molar-refractivity contribution in [2.24, 2.45) is 0 Å². The van der Waals surface area contributed by atoms with E-state index in [1.165, 1.54) is 0 Å². The van der Waals surface area contributed by atoms with Gasteiger partial charge in [0.15, 0.2) is 11.4 Å². The normalized spacial score (nSPS) is 20.0. The minimum atomic E-state index is -1.93. The molecule has 0 bridgehead atoms. The largest absolute Gasteiger partial charge is 0.375 e. The molecule has 4 nitrogen and oxygen atoms in total. The number of hydrogen-bond donors (Lipinski definition) is 2. The first-order chi connectivity index (χ1) is 10.0. The van der Waals surface area contributed by atoms with E-state index in [1.807, 2.05) is 0 Å². The number of nitrogens with one attached hydrogen (secondary N) is 1. The standard InChI is InChI=1S/C16H12ClNO3/c17-11-7-4-8-12-14(11)16(21,15(20)18-12)9-13(19)10-5-2-1-3-6-10/h1-8,21H,9H2,(H,18,20)/t16-/m1/s1. The molecule has 3 rings (SSSR count). The van der Waals surface area contributed by atoms with Crippen LogP contribution in [0.1, 0.15) is 22.3 Å². The number of hydrogen-bond acceptors (Lipinski definition) is 3. The Labute approximate surface area is 126 Å². The summed E-state index contributed by atoms with van der Waals surface area (Å²) in [5.74, 6) is -0.948. The Kier molecular flexibility index (Phi) is 3.27. The fourth-order valence-electron chi connectivity index (χ4n) is 2.52. The highest BCUT2D eigenvalue weighted by Gasteiger charge is 2.48. The molecule has 5 heteroatoms. The lowest BCUT2D eigenvalue weighted by molar-refractivity contribution is -0.133. The third-order valence-electron chi connectivity index (χ3n) is 3.56. The Morgan fingerprint density at radius 3 is 2.57 bits per heavy atom. The average molecular weight is 302 g/mol. The number of aliphatic hydroxyl groups is 1. The minimum absolute atomic E-state index is 0.259. The van der Waals surface area contributed by atoms with Gasteiger partial charge in [-0.3, -0.25) is 9.59 Å². The van der Waals surface area contributed by atoms with Gasteiger partial charge in [0.1, 0.15) is 0 Å². The van der Waals surface area contributed by atoms with Gasteiger partial charge in [0.2, 0.25) is 0 Å². The van der Waals surface area contributed by atoms with Gasteiger partial charge in [-0.25, -0.2) is 0 Å². The molecule has 0 saturated carbocycles. The van der Waals surface area contributed by atoms with Crippen LogP contribution in [0.4, 0.5) is 5.69 Å². The Bertz CT molecular complexity index is 730. The highest BCUT2D eigenvalue weighted by Crippen LogP contribution is 2.43. The van der Waals surface area contributed by atoms with Crippen LogP contribution in [0.5, 0.6) is 0 Å². The zero-order valence-corrected chi connectivity index (χ0v) is 11.7. The monoisotopic (exact) mass is 301 g/mol. The van der Waals surface area contributed by atoms with E-state index < -0.39 is 11.5 Å². The van der Waals surface area contributed by atoms with Crippen LogP contribution in [-0.4, -0.2) is 16.8 Å². The van der Waals surface area contributed by atoms with Crippen molar-refractivity contribution in [3.05, 3.63) is 64.7 Å². The number of ketones is 1. The van der Waals surface area contributed by atoms with Crippen LogP contribution < -0.4 is 5.32 Å². The molecule has 0 fully saturated rings. The summed E-state index contributed by atoms with van der Waals surface area (Å²) in [7, 11) is 0. The van der Waals surface area contributed by atoms with E-state index in [2.05, 4.69) is 5.32 Å². The molecule has 0 unspecified atom stereocenters. The van der Waals surface area contributed by atoms with Crippen LogP contribution in [-0.2, 0) is 10.4 Å². The van der Waals surface area contributed by atoms with Gasteiger partial charge >= 0.3 is 0 Å². The summed E-state index contributed by atoms with van der Waals surface area (Å²) in [4.78, 5) is 24.4. The number of carbonyl (C=O) groups excluding carboxylic acids is 2. The van der Waals surface area contributed by atoms with Crippen molar-refractivity contribution < 1.29 is 14.7 Å². The van der Waals surface area contributed by atoms with Crippen LogP contribution >= 0.6 is 11.6 Å². The van der Waals surface area contributed by atoms with Crippen molar-refractivity contribution in [1.82, 2.24) is 0 Å². The topological polar surface area (TPSA) is 66.4 Å². The first-order valence-corrected chi connectivity index (χ1v) is 6.81. The Morgan fingerprint density at radius 1 is 1.14 bits per heavy atom. The molecule has 0 radical (unpaired) electrons. The molecule has 106 valence electrons. The molecule has 1 heterocycles. The number of fused-ring (bicyclic) bond motifs is 1. The Morgan fingerprint density at radius 2 is 1.86 bits per heavy atom. The number of rotatable bonds is 3. The number of benzene rings is 2. The second-order valence-electron chi connectivity index (χ2n) is 4.94. The molecule has 2 N–H and O–H groups in total. The van der Waals surface area contributed by atoms with E-state index in [0.717, 1.165) is 0 Å². The Balaban J connectivity index is 1.99. The molecule has 0 aromatic heterocycles. The van der Waals surface area contributed by atoms with Crippen LogP contribution in [0.25, 0.3) is 0 Å². The molecule has 0 spiro atoms. The number of anilines is 1. The quantitative estimate of drug-likeness (QED) is 0.857. The van der Waals surface area contributed by atoms with Gasteiger partial charge in [0.25, 0.3) is 5.91 Å². The maximum Gasteiger partial charge on any atom is 0.261 e. The predicted molar refractivity (Wildman–Crippen MR) is 79.4 cm³/mol. The van der Waals surface area contributed by atoms with Crippen LogP contribution in [0.15, 0.2) is 48.5 Å². The summed E-state index contributed by atoms with van der Waals surface area (Å²) in [5.41, 5.74) is -0.781. The van der Waals surface area contributed by atoms with E-state index in [-0.39, 0.29) is 22.8 Å². The smallest absolute Gasteiger partial charge is 0.261 e. The lowest BCUT2D eigenvalue weighted by Crippen LogP contribution is -2.36. The summed E-state index contributed by atoms with van der Waals surface area (Å²) < 4.78 is 0. The van der Waals surface area contributed by atoms with Gasteiger partial charge in [0.05, 0.1) is 6.42 Å². The maximum atomic E-state index is 12.3. The van der Waals surface area contributed by atoms with Crippen molar-refractivity contribution in [3.8, 4) is 0 Å². The summed E-state index contributed by atoms with van der Waals surface area (Å²) in [6.07, 6.45) is -0.348. The van der Waals surface area contributed by atoms with Crippen molar-refractivity contribution in [2.45, 2.75) is 12.0 Å². The highest BCUT2D eigenvalue weighted by molar-refractivity contribution is 6.33. The van der Waals surface area contributed by atoms with Crippen LogP contribution in [0.2, 0.25) is 5.02 Å². The number of carbonyl (C=O) groups is 2. The van der Waals surface area contributed by atoms with Crippen molar-refractivity contribution in [3.63, 3.8) is 0 Å². The fraction of sp³-hybridized carbons (Fsp3) is 0.125. The second kappa shape index (κ2) is 4.98. The lowest BCUT2D eigenvalue weighted by atomic mass is 9.88. The zero-order chi connectivity index (χ0) is 15.0. The van der Waals surface area contributed by atoms with Crippen molar-refractivity contribution >= 4 is 29.0 Å². The molecule has 1 aliphatic heterocycles. The number of amides is 1. The molecule has 2 aromatic carbocycles. The summed E-state index contributed by atoms with van der Waals surface area (Å²) >= 11 is 6.09. The molecule has 1 amide bonds. The molecular formula is C16H12ClNO3. The van der Waals surface area contributed by atoms with Gasteiger partial charge in [-0.05, 0) is 12.1 Å². The van der Waals surface area contributed by atoms with Crippen molar-refractivity contribution in [2.75, 3.05) is 5.32 Å². The third kappa shape index (κ3) is 2.22. The fourth-order valence-corrected chi connectivity index (χ4v) is 2.85. The average Bonchev–Trinajstić information content (AvgIpc) is 2.72. The van der Waals surface area contributed by atoms with Gasteiger partial charge < -0.3 is 10.4 Å². The van der Waals surface area contributed by atoms with Crippen LogP contribution in [0, 0.1) is 0 Å². The van der Waals surface area contributed by atoms with Gasteiger partial charge in [-0.2, -0.15) is 0 Å². The van der Waals surface area contributed by atoms with Gasteiger partial charge in [-0.1, -0.05) is 48.0 Å². The molecular weight excluding hydrogens is 290 g/mol. The molecule has 2 aromatic rings. The summed E-state index contributed by atoms with van der Waals surface area (Å²) in [6.45, 7) is 0. The van der Waals surface area contributed by atoms with Crippen molar-refractivity contribution in [1.29, 1.82) is 0 Å². The van der Waals surface area contributed by atoms with E-state index in [0.29, 0.717) is 11.3 Å². The molecule has 1 atom stereocenters. The first kappa shape index (κ1) is 13.8. The predicted octanol–water partition coefficient (Wildman–Crippen LogP) is 2.75. The summed E-state index contributed by atoms with van der Waals surface area (Å²) in [6, 6.07) is 13.4. The number of Topliss-reactive ketones (excluding diaryl/α,β-unsaturated/α-hetero) is 1. The molecule has 0 aliphatic carbocycles. The van der Waals surface area contributed by atoms with E-state index in [4.69, 9.17) is 11.6 Å². The lowest BCUT2D eigenvalue weighted by Gasteiger charge is -2.20. The Hall–Kier alpha value is -2.17. The highest BCUT2D eigenvalue weighted by atomic mass is 35.5. The first-order valence-electron chi connectivity index (χ1n) is 6.43. The van der Waals surface area contributed by atoms with E-state index in [1.54, 1.807) is 48.5 Å². The third-order valence-corrected chi connectivity index (χ3v) is 3.88. The van der Waals surface area contributed by atoms with Crippen LogP contribution in [0.3, 0.4) is 0 Å². The molecule has 0 saturated heterocycles. The summed E-state index contributed by atoms with van der Waals surface area (Å²) in [5, 5.41) is 13.5. The second-order valence-corrected chi connectivity index (χ2v) is 5.35. The maximum absolute atomic E-state index is 12.3. The van der Waals surface area contributed by atoms with E-state index >= 15 is 0 Å². The van der Waals surface area contributed by atoms with Gasteiger partial charge in [-0.15, -0.1) is 0 Å². The minimum Gasteiger partial charge on any atom is -0.375 e.